The second kappa shape index (κ2) is 5.73. The van der Waals surface area contributed by atoms with Gasteiger partial charge in [0.1, 0.15) is 17.1 Å². The van der Waals surface area contributed by atoms with Gasteiger partial charge in [-0.15, -0.1) is 0 Å². The second-order valence-electron chi connectivity index (χ2n) is 4.57. The average Bonchev–Trinajstić information content (AvgIpc) is 2.82. The fourth-order valence-electron chi connectivity index (χ4n) is 2.20. The van der Waals surface area contributed by atoms with Crippen LogP contribution in [0.1, 0.15) is 23.2 Å². The average molecular weight is 250 g/mol. The molecule has 0 bridgehead atoms. The molecule has 1 aliphatic rings. The second-order valence-corrected chi connectivity index (χ2v) is 4.57. The van der Waals surface area contributed by atoms with Gasteiger partial charge in [-0.3, -0.25) is 4.79 Å². The monoisotopic (exact) mass is 250 g/mol. The van der Waals surface area contributed by atoms with Gasteiger partial charge in [-0.2, -0.15) is 0 Å². The lowest BCUT2D eigenvalue weighted by atomic mass is 10.1. The van der Waals surface area contributed by atoms with Gasteiger partial charge in [0.25, 0.3) is 5.91 Å². The molecule has 0 aromatic heterocycles. The molecule has 1 aromatic carbocycles. The lowest BCUT2D eigenvalue weighted by Crippen LogP contribution is -2.26. The maximum absolute atomic E-state index is 11.8. The van der Waals surface area contributed by atoms with Crippen LogP contribution in [-0.2, 0) is 0 Å². The van der Waals surface area contributed by atoms with Crippen LogP contribution in [0.2, 0.25) is 0 Å². The molecule has 1 unspecified atom stereocenters. The molecule has 5 heteroatoms. The maximum Gasteiger partial charge on any atom is 0.258 e. The number of benzene rings is 1. The highest BCUT2D eigenvalue weighted by atomic mass is 16.3. The number of rotatable bonds is 4. The first kappa shape index (κ1) is 12.7. The van der Waals surface area contributed by atoms with E-state index in [4.69, 9.17) is 0 Å². The Kier molecular flexibility index (Phi) is 4.04. The van der Waals surface area contributed by atoms with E-state index in [1.165, 1.54) is 18.2 Å². The van der Waals surface area contributed by atoms with Crippen LogP contribution in [0.3, 0.4) is 0 Å². The van der Waals surface area contributed by atoms with E-state index in [-0.39, 0.29) is 17.1 Å². The van der Waals surface area contributed by atoms with Gasteiger partial charge < -0.3 is 20.8 Å². The van der Waals surface area contributed by atoms with Gasteiger partial charge in [0.15, 0.2) is 0 Å². The van der Waals surface area contributed by atoms with E-state index in [0.717, 1.165) is 25.9 Å². The molecule has 1 aliphatic heterocycles. The van der Waals surface area contributed by atoms with Crippen molar-refractivity contribution in [1.82, 2.24) is 10.6 Å². The fourth-order valence-corrected chi connectivity index (χ4v) is 2.20. The molecule has 18 heavy (non-hydrogen) atoms. The third kappa shape index (κ3) is 2.92. The van der Waals surface area contributed by atoms with Crippen LogP contribution >= 0.6 is 0 Å². The minimum Gasteiger partial charge on any atom is -0.507 e. The van der Waals surface area contributed by atoms with Crippen LogP contribution in [0.15, 0.2) is 18.2 Å². The number of aromatic hydroxyl groups is 2. The summed E-state index contributed by atoms with van der Waals surface area (Å²) in [4.78, 5) is 11.8. The summed E-state index contributed by atoms with van der Waals surface area (Å²) in [6.07, 6.45) is 2.05. The van der Waals surface area contributed by atoms with Gasteiger partial charge in [0.2, 0.25) is 0 Å². The predicted molar refractivity (Wildman–Crippen MR) is 67.7 cm³/mol. The first-order valence-electron chi connectivity index (χ1n) is 6.18. The summed E-state index contributed by atoms with van der Waals surface area (Å²) in [6.45, 7) is 2.59. The van der Waals surface area contributed by atoms with Crippen molar-refractivity contribution >= 4 is 5.91 Å². The van der Waals surface area contributed by atoms with Crippen molar-refractivity contribution in [1.29, 1.82) is 0 Å². The normalized spacial score (nSPS) is 18.8. The predicted octanol–water partition coefficient (Wildman–Crippen LogP) is 0.827. The lowest BCUT2D eigenvalue weighted by molar-refractivity contribution is 0.0946. The molecule has 5 nitrogen and oxygen atoms in total. The summed E-state index contributed by atoms with van der Waals surface area (Å²) >= 11 is 0. The third-order valence-electron chi connectivity index (χ3n) is 3.25. The Morgan fingerprint density at radius 1 is 1.39 bits per heavy atom. The first-order chi connectivity index (χ1) is 8.68. The minimum absolute atomic E-state index is 0.0537. The highest BCUT2D eigenvalue weighted by Crippen LogP contribution is 2.25. The molecule has 1 amide bonds. The van der Waals surface area contributed by atoms with Crippen LogP contribution < -0.4 is 10.6 Å². The van der Waals surface area contributed by atoms with Crippen LogP contribution in [0.25, 0.3) is 0 Å². The van der Waals surface area contributed by atoms with E-state index in [1.807, 2.05) is 0 Å². The number of amides is 1. The minimum atomic E-state index is -0.434. The molecule has 0 saturated carbocycles. The molecule has 1 fully saturated rings. The molecule has 98 valence electrons. The van der Waals surface area contributed by atoms with E-state index < -0.39 is 5.91 Å². The largest absolute Gasteiger partial charge is 0.507 e. The molecule has 1 aromatic rings. The summed E-state index contributed by atoms with van der Waals surface area (Å²) in [7, 11) is 0. The molecule has 0 spiro atoms. The molecule has 0 aliphatic carbocycles. The molecule has 1 heterocycles. The van der Waals surface area contributed by atoms with Crippen molar-refractivity contribution < 1.29 is 15.0 Å². The number of hydrogen-bond acceptors (Lipinski definition) is 4. The number of nitrogens with one attached hydrogen (secondary N) is 2. The summed E-state index contributed by atoms with van der Waals surface area (Å²) in [5.41, 5.74) is -0.0537. The molecule has 0 radical (unpaired) electrons. The van der Waals surface area contributed by atoms with Gasteiger partial charge in [-0.25, -0.2) is 0 Å². The first-order valence-corrected chi connectivity index (χ1v) is 6.18. The van der Waals surface area contributed by atoms with E-state index in [1.54, 1.807) is 0 Å². The Hall–Kier alpha value is -1.75. The Bertz CT molecular complexity index is 408. The highest BCUT2D eigenvalue weighted by Gasteiger charge is 2.17. The van der Waals surface area contributed by atoms with E-state index in [9.17, 15) is 15.0 Å². The molecule has 1 saturated heterocycles. The summed E-state index contributed by atoms with van der Waals surface area (Å²) in [6, 6.07) is 4.26. The van der Waals surface area contributed by atoms with Crippen molar-refractivity contribution in [2.24, 2.45) is 5.92 Å². The maximum atomic E-state index is 11.8. The molecule has 4 N–H and O–H groups in total. The molecule has 1 atom stereocenters. The van der Waals surface area contributed by atoms with E-state index >= 15 is 0 Å². The van der Waals surface area contributed by atoms with Gasteiger partial charge in [0.05, 0.1) is 0 Å². The Balaban J connectivity index is 1.87. The third-order valence-corrected chi connectivity index (χ3v) is 3.25. The number of hydrogen-bond donors (Lipinski definition) is 4. The van der Waals surface area contributed by atoms with Crippen molar-refractivity contribution in [3.8, 4) is 11.5 Å². The molecular weight excluding hydrogens is 232 g/mol. The van der Waals surface area contributed by atoms with Crippen LogP contribution in [0.4, 0.5) is 0 Å². The number of phenols is 2. The highest BCUT2D eigenvalue weighted by molar-refractivity contribution is 5.99. The van der Waals surface area contributed by atoms with Crippen LogP contribution in [-0.4, -0.2) is 35.8 Å². The van der Waals surface area contributed by atoms with Gasteiger partial charge in [0, 0.05) is 6.54 Å². The van der Waals surface area contributed by atoms with Crippen molar-refractivity contribution in [3.63, 3.8) is 0 Å². The SMILES string of the molecule is O=C(NCCC1CCNC1)c1c(O)cccc1O. The van der Waals surface area contributed by atoms with E-state index in [2.05, 4.69) is 10.6 Å². The van der Waals surface area contributed by atoms with Crippen molar-refractivity contribution in [2.75, 3.05) is 19.6 Å². The number of carbonyl (C=O) groups is 1. The van der Waals surface area contributed by atoms with Crippen LogP contribution in [0, 0.1) is 5.92 Å². The van der Waals surface area contributed by atoms with Crippen molar-refractivity contribution in [3.05, 3.63) is 23.8 Å². The lowest BCUT2D eigenvalue weighted by Gasteiger charge is -2.10. The zero-order chi connectivity index (χ0) is 13.0. The smallest absolute Gasteiger partial charge is 0.258 e. The van der Waals surface area contributed by atoms with Gasteiger partial charge >= 0.3 is 0 Å². The standard InChI is InChI=1S/C13H18N2O3/c16-10-2-1-3-11(17)12(10)13(18)15-7-5-9-4-6-14-8-9/h1-3,9,14,16-17H,4-8H2,(H,15,18). The number of carbonyl (C=O) groups excluding carboxylic acids is 1. The quantitative estimate of drug-likeness (QED) is 0.638. The zero-order valence-corrected chi connectivity index (χ0v) is 10.1. The zero-order valence-electron chi connectivity index (χ0n) is 10.1. The van der Waals surface area contributed by atoms with Gasteiger partial charge in [-0.1, -0.05) is 6.07 Å². The molecular formula is C13H18N2O3. The fraction of sp³-hybridized carbons (Fsp3) is 0.462. The van der Waals surface area contributed by atoms with E-state index in [0.29, 0.717) is 12.5 Å². The van der Waals surface area contributed by atoms with Crippen molar-refractivity contribution in [2.45, 2.75) is 12.8 Å². The topological polar surface area (TPSA) is 81.6 Å². The summed E-state index contributed by atoms with van der Waals surface area (Å²) in [5, 5.41) is 25.1. The Morgan fingerprint density at radius 2 is 2.11 bits per heavy atom. The Labute approximate surface area is 106 Å². The van der Waals surface area contributed by atoms with Crippen LogP contribution in [0.5, 0.6) is 11.5 Å². The summed E-state index contributed by atoms with van der Waals surface area (Å²) in [5.74, 6) is -0.232. The molecule has 2 rings (SSSR count). The Morgan fingerprint density at radius 3 is 2.72 bits per heavy atom. The summed E-state index contributed by atoms with van der Waals surface area (Å²) < 4.78 is 0. The number of phenolic OH excluding ortho intramolecular Hbond substituents is 2. The van der Waals surface area contributed by atoms with Gasteiger partial charge in [-0.05, 0) is 44.0 Å².